The van der Waals surface area contributed by atoms with Gasteiger partial charge < -0.3 is 0 Å². The van der Waals surface area contributed by atoms with Gasteiger partial charge in [-0.2, -0.15) is 4.99 Å². The molecular weight excluding hydrogens is 198 g/mol. The molecular formula is C14H17NO. The average molecular weight is 215 g/mol. The number of carbonyl (C=O) groups excluding carboxylic acids is 1. The van der Waals surface area contributed by atoms with Crippen LogP contribution in [-0.4, -0.2) is 6.08 Å². The molecule has 0 saturated heterocycles. The first-order valence-electron chi connectivity index (χ1n) is 5.69. The summed E-state index contributed by atoms with van der Waals surface area (Å²) in [6.07, 6.45) is 3.68. The van der Waals surface area contributed by atoms with Gasteiger partial charge in [0.05, 0.1) is 5.54 Å². The summed E-state index contributed by atoms with van der Waals surface area (Å²) in [4.78, 5) is 14.5. The maximum atomic E-state index is 10.5. The SMILES string of the molecule is Cc1cc(C2(N=C=O)CC2)c(C)c(C)c1C. The molecule has 1 aliphatic rings. The maximum absolute atomic E-state index is 10.5. The maximum Gasteiger partial charge on any atom is 0.235 e. The van der Waals surface area contributed by atoms with E-state index in [0.717, 1.165) is 12.8 Å². The van der Waals surface area contributed by atoms with Crippen molar-refractivity contribution in [3.63, 3.8) is 0 Å². The van der Waals surface area contributed by atoms with E-state index in [1.54, 1.807) is 6.08 Å². The van der Waals surface area contributed by atoms with Gasteiger partial charge in [0.15, 0.2) is 0 Å². The summed E-state index contributed by atoms with van der Waals surface area (Å²) >= 11 is 0. The zero-order valence-corrected chi connectivity index (χ0v) is 10.3. The Bertz CT molecular complexity index is 492. The predicted octanol–water partition coefficient (Wildman–Crippen LogP) is 3.25. The summed E-state index contributed by atoms with van der Waals surface area (Å²) in [5.41, 5.74) is 6.20. The molecule has 0 N–H and O–H groups in total. The lowest BCUT2D eigenvalue weighted by molar-refractivity contribution is 0.556. The van der Waals surface area contributed by atoms with E-state index < -0.39 is 0 Å². The molecule has 2 nitrogen and oxygen atoms in total. The first kappa shape index (κ1) is 11.1. The third-order valence-electron chi connectivity index (χ3n) is 3.97. The normalized spacial score (nSPS) is 16.8. The number of rotatable bonds is 2. The number of benzene rings is 1. The van der Waals surface area contributed by atoms with Gasteiger partial charge in [-0.1, -0.05) is 6.07 Å². The van der Waals surface area contributed by atoms with Crippen LogP contribution in [-0.2, 0) is 10.3 Å². The number of hydrogen-bond acceptors (Lipinski definition) is 2. The monoisotopic (exact) mass is 215 g/mol. The van der Waals surface area contributed by atoms with Gasteiger partial charge in [-0.3, -0.25) is 0 Å². The molecule has 0 spiro atoms. The van der Waals surface area contributed by atoms with Crippen molar-refractivity contribution >= 4 is 6.08 Å². The Balaban J connectivity index is 2.63. The minimum absolute atomic E-state index is 0.241. The molecule has 0 radical (unpaired) electrons. The van der Waals surface area contributed by atoms with Crippen LogP contribution in [0.5, 0.6) is 0 Å². The second-order valence-electron chi connectivity index (χ2n) is 4.85. The topological polar surface area (TPSA) is 29.4 Å². The van der Waals surface area contributed by atoms with Gasteiger partial charge in [0, 0.05) is 0 Å². The van der Waals surface area contributed by atoms with Gasteiger partial charge in [-0.05, 0) is 68.4 Å². The molecule has 0 aromatic heterocycles. The van der Waals surface area contributed by atoms with Crippen LogP contribution in [0.25, 0.3) is 0 Å². The van der Waals surface area contributed by atoms with Crippen molar-refractivity contribution in [2.45, 2.75) is 46.1 Å². The van der Waals surface area contributed by atoms with Crippen LogP contribution in [0, 0.1) is 27.7 Å². The van der Waals surface area contributed by atoms with Crippen molar-refractivity contribution in [1.82, 2.24) is 0 Å². The Morgan fingerprint density at radius 1 is 1.12 bits per heavy atom. The van der Waals surface area contributed by atoms with E-state index in [9.17, 15) is 4.79 Å². The van der Waals surface area contributed by atoms with Crippen molar-refractivity contribution in [2.75, 3.05) is 0 Å². The molecule has 1 aromatic rings. The molecule has 0 atom stereocenters. The molecule has 0 unspecified atom stereocenters. The lowest BCUT2D eigenvalue weighted by Crippen LogP contribution is -2.08. The Hall–Kier alpha value is -1.40. The van der Waals surface area contributed by atoms with Crippen LogP contribution in [0.3, 0.4) is 0 Å². The van der Waals surface area contributed by atoms with E-state index in [1.165, 1.54) is 27.8 Å². The first-order valence-corrected chi connectivity index (χ1v) is 5.69. The van der Waals surface area contributed by atoms with Gasteiger partial charge in [0.1, 0.15) is 0 Å². The molecule has 1 aliphatic carbocycles. The molecule has 2 heteroatoms. The van der Waals surface area contributed by atoms with Crippen molar-refractivity contribution in [3.8, 4) is 0 Å². The quantitative estimate of drug-likeness (QED) is 0.550. The van der Waals surface area contributed by atoms with Crippen molar-refractivity contribution < 1.29 is 4.79 Å². The van der Waals surface area contributed by atoms with E-state index in [1.807, 2.05) is 0 Å². The Morgan fingerprint density at radius 2 is 1.75 bits per heavy atom. The lowest BCUT2D eigenvalue weighted by Gasteiger charge is -2.18. The van der Waals surface area contributed by atoms with E-state index in [4.69, 9.17) is 0 Å². The van der Waals surface area contributed by atoms with Gasteiger partial charge >= 0.3 is 0 Å². The third kappa shape index (κ3) is 1.50. The zero-order valence-electron chi connectivity index (χ0n) is 10.3. The Morgan fingerprint density at radius 3 is 2.25 bits per heavy atom. The van der Waals surface area contributed by atoms with E-state index in [2.05, 4.69) is 38.8 Å². The van der Waals surface area contributed by atoms with Crippen LogP contribution in [0.4, 0.5) is 0 Å². The molecule has 16 heavy (non-hydrogen) atoms. The standard InChI is InChI=1S/C14H17NO/c1-9-7-13(12(4)11(3)10(9)2)14(5-6-14)15-8-16/h7H,5-6H2,1-4H3. The van der Waals surface area contributed by atoms with Gasteiger partial charge in [0.25, 0.3) is 0 Å². The third-order valence-corrected chi connectivity index (χ3v) is 3.97. The van der Waals surface area contributed by atoms with Gasteiger partial charge in [-0.15, -0.1) is 0 Å². The van der Waals surface area contributed by atoms with Crippen LogP contribution >= 0.6 is 0 Å². The highest BCUT2D eigenvalue weighted by molar-refractivity contribution is 5.50. The van der Waals surface area contributed by atoms with Crippen LogP contribution in [0.15, 0.2) is 11.1 Å². The summed E-state index contributed by atoms with van der Waals surface area (Å²) < 4.78 is 0. The molecule has 0 amide bonds. The van der Waals surface area contributed by atoms with Crippen molar-refractivity contribution in [2.24, 2.45) is 4.99 Å². The van der Waals surface area contributed by atoms with Crippen LogP contribution in [0.1, 0.15) is 40.7 Å². The lowest BCUT2D eigenvalue weighted by atomic mass is 9.90. The second-order valence-corrected chi connectivity index (χ2v) is 4.85. The number of aliphatic imine (C=N–C) groups is 1. The number of hydrogen-bond donors (Lipinski definition) is 0. The molecule has 0 aliphatic heterocycles. The zero-order chi connectivity index (χ0) is 11.9. The molecule has 1 saturated carbocycles. The largest absolute Gasteiger partial charge is 0.235 e. The van der Waals surface area contributed by atoms with E-state index in [0.29, 0.717) is 0 Å². The fourth-order valence-electron chi connectivity index (χ4n) is 2.34. The summed E-state index contributed by atoms with van der Waals surface area (Å²) in [5, 5.41) is 0. The summed E-state index contributed by atoms with van der Waals surface area (Å²) in [5.74, 6) is 0. The molecule has 84 valence electrons. The summed E-state index contributed by atoms with van der Waals surface area (Å²) in [6, 6.07) is 2.19. The van der Waals surface area contributed by atoms with Crippen molar-refractivity contribution in [3.05, 3.63) is 33.9 Å². The fourth-order valence-corrected chi connectivity index (χ4v) is 2.34. The highest BCUT2D eigenvalue weighted by Crippen LogP contribution is 2.51. The summed E-state index contributed by atoms with van der Waals surface area (Å²) in [7, 11) is 0. The first-order chi connectivity index (χ1) is 7.52. The Labute approximate surface area is 96.4 Å². The number of isocyanates is 1. The molecule has 0 heterocycles. The molecule has 2 rings (SSSR count). The van der Waals surface area contributed by atoms with Crippen LogP contribution in [0.2, 0.25) is 0 Å². The fraction of sp³-hybridized carbons (Fsp3) is 0.500. The minimum atomic E-state index is -0.241. The van der Waals surface area contributed by atoms with Gasteiger partial charge in [-0.25, -0.2) is 4.79 Å². The average Bonchev–Trinajstić information content (AvgIpc) is 3.02. The number of nitrogens with zero attached hydrogens (tertiary/aromatic N) is 1. The molecule has 1 aromatic carbocycles. The van der Waals surface area contributed by atoms with E-state index in [-0.39, 0.29) is 5.54 Å². The molecule has 1 fully saturated rings. The smallest absolute Gasteiger partial charge is 0.211 e. The highest BCUT2D eigenvalue weighted by atomic mass is 16.1. The van der Waals surface area contributed by atoms with Gasteiger partial charge in [0.2, 0.25) is 6.08 Å². The Kier molecular flexibility index (Phi) is 2.47. The molecule has 0 bridgehead atoms. The van der Waals surface area contributed by atoms with Crippen LogP contribution < -0.4 is 0 Å². The van der Waals surface area contributed by atoms with E-state index >= 15 is 0 Å². The second kappa shape index (κ2) is 3.57. The predicted molar refractivity (Wildman–Crippen MR) is 64.4 cm³/mol. The highest BCUT2D eigenvalue weighted by Gasteiger charge is 2.46. The minimum Gasteiger partial charge on any atom is -0.211 e. The number of aryl methyl sites for hydroxylation is 1. The summed E-state index contributed by atoms with van der Waals surface area (Å²) in [6.45, 7) is 8.52. The van der Waals surface area contributed by atoms with Crippen molar-refractivity contribution in [1.29, 1.82) is 0 Å².